The molecule has 0 saturated heterocycles. The van der Waals surface area contributed by atoms with Crippen LogP contribution < -0.4 is 10.1 Å². The number of nitrogens with zero attached hydrogens (tertiary/aromatic N) is 2. The van der Waals surface area contributed by atoms with Crippen LogP contribution in [0.25, 0.3) is 0 Å². The minimum absolute atomic E-state index is 0.468. The van der Waals surface area contributed by atoms with Crippen molar-refractivity contribution in [1.82, 2.24) is 15.1 Å². The zero-order valence-corrected chi connectivity index (χ0v) is 13.2. The Balaban J connectivity index is 1.75. The van der Waals surface area contributed by atoms with Crippen LogP contribution in [0.15, 0.2) is 36.7 Å². The van der Waals surface area contributed by atoms with Gasteiger partial charge in [-0.1, -0.05) is 19.1 Å². The van der Waals surface area contributed by atoms with Crippen molar-refractivity contribution in [3.63, 3.8) is 0 Å². The molecule has 0 bridgehead atoms. The van der Waals surface area contributed by atoms with Crippen LogP contribution in [0.5, 0.6) is 5.75 Å². The Morgan fingerprint density at radius 3 is 2.95 bits per heavy atom. The first-order chi connectivity index (χ1) is 10.2. The summed E-state index contributed by atoms with van der Waals surface area (Å²) in [6.07, 6.45) is 6.18. The van der Waals surface area contributed by atoms with Crippen LogP contribution in [-0.4, -0.2) is 23.4 Å². The van der Waals surface area contributed by atoms with Gasteiger partial charge in [-0.25, -0.2) is 0 Å². The molecule has 4 heteroatoms. The van der Waals surface area contributed by atoms with Crippen LogP contribution in [0.2, 0.25) is 0 Å². The van der Waals surface area contributed by atoms with Crippen molar-refractivity contribution < 1.29 is 4.74 Å². The molecule has 2 rings (SSSR count). The molecule has 114 valence electrons. The van der Waals surface area contributed by atoms with Crippen LogP contribution in [0, 0.1) is 0 Å². The van der Waals surface area contributed by atoms with E-state index in [9.17, 15) is 0 Å². The van der Waals surface area contributed by atoms with Gasteiger partial charge in [0.2, 0.25) is 0 Å². The molecule has 1 aromatic carbocycles. The van der Waals surface area contributed by atoms with Crippen molar-refractivity contribution in [2.75, 3.05) is 13.7 Å². The predicted molar refractivity (Wildman–Crippen MR) is 85.6 cm³/mol. The van der Waals surface area contributed by atoms with Gasteiger partial charge in [0.1, 0.15) is 5.75 Å². The number of nitrogens with one attached hydrogen (secondary N) is 1. The lowest BCUT2D eigenvalue weighted by Crippen LogP contribution is -2.16. The summed E-state index contributed by atoms with van der Waals surface area (Å²) < 4.78 is 7.28. The molecule has 1 heterocycles. The molecule has 0 aliphatic rings. The summed E-state index contributed by atoms with van der Waals surface area (Å²) in [6.45, 7) is 6.17. The highest BCUT2D eigenvalue weighted by molar-refractivity contribution is 5.28. The quantitative estimate of drug-likeness (QED) is 0.758. The summed E-state index contributed by atoms with van der Waals surface area (Å²) in [5, 5.41) is 7.87. The molecular weight excluding hydrogens is 262 g/mol. The maximum Gasteiger partial charge on any atom is 0.119 e. The Morgan fingerprint density at radius 1 is 1.33 bits per heavy atom. The van der Waals surface area contributed by atoms with E-state index in [2.05, 4.69) is 42.6 Å². The van der Waals surface area contributed by atoms with Crippen LogP contribution in [0.3, 0.4) is 0 Å². The minimum Gasteiger partial charge on any atom is -0.497 e. The first-order valence-corrected chi connectivity index (χ1v) is 7.59. The Labute approximate surface area is 127 Å². The van der Waals surface area contributed by atoms with Gasteiger partial charge in [0, 0.05) is 24.3 Å². The van der Waals surface area contributed by atoms with Crippen molar-refractivity contribution in [3.8, 4) is 5.75 Å². The molecule has 4 nitrogen and oxygen atoms in total. The lowest BCUT2D eigenvalue weighted by atomic mass is 10.1. The number of methoxy groups -OCH3 is 1. The molecule has 1 aromatic heterocycles. The third-order valence-corrected chi connectivity index (χ3v) is 3.75. The van der Waals surface area contributed by atoms with Crippen LogP contribution in [0.1, 0.15) is 37.4 Å². The minimum atomic E-state index is 0.468. The summed E-state index contributed by atoms with van der Waals surface area (Å²) in [7, 11) is 1.70. The van der Waals surface area contributed by atoms with Gasteiger partial charge in [0.05, 0.1) is 13.3 Å². The number of aromatic nitrogens is 2. The molecule has 21 heavy (non-hydrogen) atoms. The van der Waals surface area contributed by atoms with Gasteiger partial charge in [0.15, 0.2) is 0 Å². The van der Waals surface area contributed by atoms with E-state index in [1.165, 1.54) is 11.1 Å². The van der Waals surface area contributed by atoms with E-state index in [1.807, 2.05) is 23.0 Å². The topological polar surface area (TPSA) is 39.1 Å². The molecule has 0 fully saturated rings. The second kappa shape index (κ2) is 7.84. The summed E-state index contributed by atoms with van der Waals surface area (Å²) in [5.41, 5.74) is 2.53. The Bertz CT molecular complexity index is 550. The average molecular weight is 287 g/mol. The fourth-order valence-corrected chi connectivity index (χ4v) is 2.19. The lowest BCUT2D eigenvalue weighted by molar-refractivity contribution is 0.414. The normalized spacial score (nSPS) is 12.3. The Hall–Kier alpha value is -1.81. The van der Waals surface area contributed by atoms with E-state index >= 15 is 0 Å². The fourth-order valence-electron chi connectivity index (χ4n) is 2.19. The lowest BCUT2D eigenvalue weighted by Gasteiger charge is -2.08. The maximum atomic E-state index is 5.23. The average Bonchev–Trinajstić information content (AvgIpc) is 3.00. The molecular formula is C17H25N3O. The second-order valence-electron chi connectivity index (χ2n) is 5.36. The van der Waals surface area contributed by atoms with Crippen molar-refractivity contribution in [2.24, 2.45) is 0 Å². The first kappa shape index (κ1) is 15.6. The second-order valence-corrected chi connectivity index (χ2v) is 5.36. The summed E-state index contributed by atoms with van der Waals surface area (Å²) in [4.78, 5) is 0. The molecule has 2 aromatic rings. The van der Waals surface area contributed by atoms with E-state index in [-0.39, 0.29) is 0 Å². The van der Waals surface area contributed by atoms with Crippen LogP contribution in [0.4, 0.5) is 0 Å². The molecule has 1 atom stereocenters. The predicted octanol–water partition coefficient (Wildman–Crippen LogP) is 3.20. The zero-order chi connectivity index (χ0) is 15.1. The third kappa shape index (κ3) is 4.60. The maximum absolute atomic E-state index is 5.23. The smallest absolute Gasteiger partial charge is 0.119 e. The molecule has 0 aliphatic heterocycles. The highest BCUT2D eigenvalue weighted by Gasteiger charge is 2.04. The van der Waals surface area contributed by atoms with Crippen molar-refractivity contribution >= 4 is 0 Å². The fraction of sp³-hybridized carbons (Fsp3) is 0.471. The number of hydrogen-bond donors (Lipinski definition) is 1. The summed E-state index contributed by atoms with van der Waals surface area (Å²) >= 11 is 0. The van der Waals surface area contributed by atoms with E-state index in [0.717, 1.165) is 31.7 Å². The van der Waals surface area contributed by atoms with E-state index in [4.69, 9.17) is 4.74 Å². The highest BCUT2D eigenvalue weighted by atomic mass is 16.5. The third-order valence-electron chi connectivity index (χ3n) is 3.75. The van der Waals surface area contributed by atoms with E-state index < -0.39 is 0 Å². The Morgan fingerprint density at radius 2 is 2.19 bits per heavy atom. The highest BCUT2D eigenvalue weighted by Crippen LogP contribution is 2.13. The number of hydrogen-bond acceptors (Lipinski definition) is 3. The van der Waals surface area contributed by atoms with Gasteiger partial charge in [-0.05, 0) is 44.0 Å². The SMILES string of the molecule is CC[C@H](C)n1cc(CNCCc2cccc(OC)c2)cn1. The van der Waals surface area contributed by atoms with Crippen molar-refractivity contribution in [2.45, 2.75) is 39.3 Å². The zero-order valence-electron chi connectivity index (χ0n) is 13.2. The first-order valence-electron chi connectivity index (χ1n) is 7.59. The molecule has 0 saturated carbocycles. The monoisotopic (exact) mass is 287 g/mol. The molecule has 0 spiro atoms. The molecule has 1 N–H and O–H groups in total. The van der Waals surface area contributed by atoms with Crippen molar-refractivity contribution in [1.29, 1.82) is 0 Å². The molecule has 0 unspecified atom stereocenters. The standard InChI is InChI=1S/C17H25N3O/c1-4-14(2)20-13-16(12-19-20)11-18-9-8-15-6-5-7-17(10-15)21-3/h5-7,10,12-14,18H,4,8-9,11H2,1-3H3/t14-/m0/s1. The van der Waals surface area contributed by atoms with Crippen molar-refractivity contribution in [3.05, 3.63) is 47.8 Å². The van der Waals surface area contributed by atoms with Crippen LogP contribution in [-0.2, 0) is 13.0 Å². The Kier molecular flexibility index (Phi) is 5.81. The van der Waals surface area contributed by atoms with E-state index in [1.54, 1.807) is 7.11 Å². The largest absolute Gasteiger partial charge is 0.497 e. The van der Waals surface area contributed by atoms with Gasteiger partial charge in [-0.15, -0.1) is 0 Å². The van der Waals surface area contributed by atoms with Gasteiger partial charge in [-0.3, -0.25) is 4.68 Å². The van der Waals surface area contributed by atoms with Gasteiger partial charge in [0.25, 0.3) is 0 Å². The number of rotatable bonds is 8. The van der Waals surface area contributed by atoms with Crippen LogP contribution >= 0.6 is 0 Å². The van der Waals surface area contributed by atoms with E-state index in [0.29, 0.717) is 6.04 Å². The van der Waals surface area contributed by atoms with Gasteiger partial charge < -0.3 is 10.1 Å². The molecule has 0 aliphatic carbocycles. The number of ether oxygens (including phenoxy) is 1. The van der Waals surface area contributed by atoms with Gasteiger partial charge in [-0.2, -0.15) is 5.10 Å². The summed E-state index contributed by atoms with van der Waals surface area (Å²) in [5.74, 6) is 0.919. The summed E-state index contributed by atoms with van der Waals surface area (Å²) in [6, 6.07) is 8.69. The molecule has 0 radical (unpaired) electrons. The number of benzene rings is 1. The van der Waals surface area contributed by atoms with Gasteiger partial charge >= 0.3 is 0 Å². The molecule has 0 amide bonds.